The van der Waals surface area contributed by atoms with Gasteiger partial charge in [0.25, 0.3) is 0 Å². The van der Waals surface area contributed by atoms with Gasteiger partial charge in [-0.05, 0) is 43.7 Å². The van der Waals surface area contributed by atoms with E-state index in [1.807, 2.05) is 13.8 Å². The smallest absolute Gasteiger partial charge is 0.122 e. The Labute approximate surface area is 111 Å². The number of rotatable bonds is 5. The third-order valence-corrected chi connectivity index (χ3v) is 3.67. The average Bonchev–Trinajstić information content (AvgIpc) is 2.28. The minimum absolute atomic E-state index is 0.0814. The maximum atomic E-state index is 11.1. The molecule has 0 spiro atoms. The molecule has 0 aliphatic carbocycles. The Hall–Kier alpha value is -1.18. The lowest BCUT2D eigenvalue weighted by Crippen LogP contribution is -2.25. The second-order valence-corrected chi connectivity index (χ2v) is 6.33. The maximum Gasteiger partial charge on any atom is 0.122 e. The normalized spacial score (nSPS) is 12.6. The molecule has 0 atom stereocenters. The zero-order chi connectivity index (χ0) is 14.0. The monoisotopic (exact) mass is 247 g/mol. The number of benzene rings is 1. The van der Waals surface area contributed by atoms with Gasteiger partial charge in [0, 0.05) is 0 Å². The van der Waals surface area contributed by atoms with Gasteiger partial charge >= 0.3 is 0 Å². The van der Waals surface area contributed by atoms with Crippen LogP contribution >= 0.6 is 0 Å². The van der Waals surface area contributed by atoms with Crippen LogP contribution in [0.1, 0.15) is 64.2 Å². The largest absolute Gasteiger partial charge is 0.150 e. The lowest BCUT2D eigenvalue weighted by molar-refractivity contribution is 0.448. The summed E-state index contributed by atoms with van der Waals surface area (Å²) in [6.45, 7) is 12.6. The van der Waals surface area contributed by atoms with Crippen LogP contribution in [-0.4, -0.2) is 0 Å². The van der Waals surface area contributed by atoms with Crippen molar-refractivity contribution >= 4 is 0 Å². The Morgan fingerprint density at radius 1 is 1.11 bits per heavy atom. The van der Waals surface area contributed by atoms with E-state index in [0.29, 0.717) is 0 Å². The molecule has 0 amide bonds. The molecule has 0 fully saturated rings. The molecule has 2 heteroatoms. The van der Waals surface area contributed by atoms with E-state index in [-0.39, 0.29) is 5.41 Å². The predicted molar refractivity (Wildman–Crippen MR) is 77.9 cm³/mol. The van der Waals surface area contributed by atoms with Gasteiger partial charge in [0.1, 0.15) is 5.54 Å². The Kier molecular flexibility index (Phi) is 4.31. The van der Waals surface area contributed by atoms with Gasteiger partial charge in [0.2, 0.25) is 0 Å². The molecule has 1 aromatic carbocycles. The molecule has 100 valence electrons. The van der Waals surface area contributed by atoms with Gasteiger partial charge < -0.3 is 0 Å². The summed E-state index contributed by atoms with van der Waals surface area (Å²) >= 11 is 0. The first kappa shape index (κ1) is 14.9. The summed E-state index contributed by atoms with van der Waals surface area (Å²) in [7, 11) is 0. The summed E-state index contributed by atoms with van der Waals surface area (Å²) in [5.41, 5.74) is 2.97. The third kappa shape index (κ3) is 2.98. The molecule has 0 aliphatic heterocycles. The quantitative estimate of drug-likeness (QED) is 0.667. The molecule has 2 nitrogen and oxygen atoms in total. The summed E-state index contributed by atoms with van der Waals surface area (Å²) in [5, 5.41) is 3.30. The van der Waals surface area contributed by atoms with Gasteiger partial charge in [0.15, 0.2) is 0 Å². The van der Waals surface area contributed by atoms with E-state index in [4.69, 9.17) is 0 Å². The predicted octanol–water partition coefficient (Wildman–Crippen LogP) is 5.07. The fourth-order valence-corrected chi connectivity index (χ4v) is 2.56. The third-order valence-electron chi connectivity index (χ3n) is 3.67. The van der Waals surface area contributed by atoms with Crippen LogP contribution < -0.4 is 0 Å². The van der Waals surface area contributed by atoms with Gasteiger partial charge in [-0.25, -0.2) is 0 Å². The minimum Gasteiger partial charge on any atom is -0.150 e. The van der Waals surface area contributed by atoms with E-state index >= 15 is 0 Å². The zero-order valence-electron chi connectivity index (χ0n) is 12.5. The van der Waals surface area contributed by atoms with Crippen molar-refractivity contribution in [2.45, 2.75) is 65.3 Å². The summed E-state index contributed by atoms with van der Waals surface area (Å²) in [6.07, 6.45) is 2.24. The molecule has 0 bridgehead atoms. The van der Waals surface area contributed by atoms with Crippen molar-refractivity contribution in [2.75, 3.05) is 0 Å². The topological polar surface area (TPSA) is 29.4 Å². The van der Waals surface area contributed by atoms with Crippen LogP contribution in [0.5, 0.6) is 0 Å². The molecule has 0 saturated heterocycles. The maximum absolute atomic E-state index is 11.1. The van der Waals surface area contributed by atoms with Crippen molar-refractivity contribution in [1.29, 1.82) is 0 Å². The van der Waals surface area contributed by atoms with E-state index in [1.165, 1.54) is 11.1 Å². The Morgan fingerprint density at radius 2 is 1.72 bits per heavy atom. The van der Waals surface area contributed by atoms with Crippen LogP contribution in [0.4, 0.5) is 0 Å². The van der Waals surface area contributed by atoms with Gasteiger partial charge in [-0.2, -0.15) is 0 Å². The number of nitrogens with zero attached hydrogens (tertiary/aromatic N) is 1. The van der Waals surface area contributed by atoms with Crippen molar-refractivity contribution in [1.82, 2.24) is 0 Å². The van der Waals surface area contributed by atoms with E-state index in [0.717, 1.165) is 18.4 Å². The van der Waals surface area contributed by atoms with Gasteiger partial charge in [-0.3, -0.25) is 0 Å². The highest BCUT2D eigenvalue weighted by Crippen LogP contribution is 2.37. The van der Waals surface area contributed by atoms with Crippen molar-refractivity contribution in [3.05, 3.63) is 39.8 Å². The Morgan fingerprint density at radius 3 is 2.22 bits per heavy atom. The zero-order valence-corrected chi connectivity index (χ0v) is 12.5. The van der Waals surface area contributed by atoms with Gasteiger partial charge in [0.05, 0.1) is 0 Å². The van der Waals surface area contributed by atoms with E-state index < -0.39 is 5.54 Å². The fourth-order valence-electron chi connectivity index (χ4n) is 2.56. The number of hydrogen-bond acceptors (Lipinski definition) is 2. The average molecular weight is 247 g/mol. The Bertz CT molecular complexity index is 433. The Balaban J connectivity index is 3.41. The van der Waals surface area contributed by atoms with Crippen molar-refractivity contribution < 1.29 is 0 Å². The molecular weight excluding hydrogens is 222 g/mol. The van der Waals surface area contributed by atoms with Crippen molar-refractivity contribution in [3.8, 4) is 0 Å². The summed E-state index contributed by atoms with van der Waals surface area (Å²) < 4.78 is 0. The summed E-state index contributed by atoms with van der Waals surface area (Å²) in [5.74, 6) is 0. The molecular formula is C16H25NO. The fraction of sp³-hybridized carbons (Fsp3) is 0.625. The number of hydrogen-bond donors (Lipinski definition) is 0. The first-order chi connectivity index (χ1) is 8.24. The molecule has 0 unspecified atom stereocenters. The van der Waals surface area contributed by atoms with Crippen LogP contribution in [0.25, 0.3) is 0 Å². The molecule has 0 aromatic heterocycles. The van der Waals surface area contributed by atoms with Crippen molar-refractivity contribution in [3.63, 3.8) is 0 Å². The summed E-state index contributed by atoms with van der Waals surface area (Å²) in [4.78, 5) is 11.1. The molecule has 1 aromatic rings. The van der Waals surface area contributed by atoms with Crippen LogP contribution in [0.2, 0.25) is 0 Å². The first-order valence-corrected chi connectivity index (χ1v) is 6.70. The SMILES string of the molecule is CCCC(C)(C)c1cc(C)ccc1C(C)(C)N=O. The highest BCUT2D eigenvalue weighted by atomic mass is 16.3. The first-order valence-electron chi connectivity index (χ1n) is 6.70. The van der Waals surface area contributed by atoms with Crippen molar-refractivity contribution in [2.24, 2.45) is 5.18 Å². The lowest BCUT2D eigenvalue weighted by Gasteiger charge is -2.31. The van der Waals surface area contributed by atoms with E-state index in [1.54, 1.807) is 0 Å². The highest BCUT2D eigenvalue weighted by Gasteiger charge is 2.31. The van der Waals surface area contributed by atoms with E-state index in [2.05, 4.69) is 51.1 Å². The highest BCUT2D eigenvalue weighted by molar-refractivity contribution is 5.40. The number of aryl methyl sites for hydroxylation is 1. The molecule has 0 N–H and O–H groups in total. The molecule has 1 rings (SSSR count). The van der Waals surface area contributed by atoms with Crippen LogP contribution in [0.3, 0.4) is 0 Å². The minimum atomic E-state index is -0.659. The molecule has 0 aliphatic rings. The van der Waals surface area contributed by atoms with Crippen LogP contribution in [0, 0.1) is 11.8 Å². The van der Waals surface area contributed by atoms with Gasteiger partial charge in [-0.1, -0.05) is 56.1 Å². The molecule has 0 radical (unpaired) electrons. The summed E-state index contributed by atoms with van der Waals surface area (Å²) in [6, 6.07) is 6.33. The van der Waals surface area contributed by atoms with Gasteiger partial charge in [-0.15, -0.1) is 4.91 Å². The number of nitroso groups, excluding NO2 is 1. The second kappa shape index (κ2) is 5.21. The van der Waals surface area contributed by atoms with E-state index in [9.17, 15) is 4.91 Å². The van der Waals surface area contributed by atoms with Crippen LogP contribution in [-0.2, 0) is 11.0 Å². The lowest BCUT2D eigenvalue weighted by atomic mass is 9.74. The standard InChI is InChI=1S/C16H25NO/c1-7-10-15(3,4)14-11-12(2)8-9-13(14)16(5,6)17-18/h8-9,11H,7,10H2,1-6H3. The molecule has 0 saturated carbocycles. The van der Waals surface area contributed by atoms with Crippen LogP contribution in [0.15, 0.2) is 23.4 Å². The molecule has 18 heavy (non-hydrogen) atoms. The molecule has 0 heterocycles. The second-order valence-electron chi connectivity index (χ2n) is 6.33.